The largest absolute Gasteiger partial charge is 0.452 e. The third-order valence-electron chi connectivity index (χ3n) is 2.37. The van der Waals surface area contributed by atoms with Crippen LogP contribution in [0.15, 0.2) is 24.3 Å². The molecule has 0 aliphatic heterocycles. The second-order valence-corrected chi connectivity index (χ2v) is 4.73. The molecule has 1 unspecified atom stereocenters. The predicted molar refractivity (Wildman–Crippen MR) is 71.0 cm³/mol. The summed E-state index contributed by atoms with van der Waals surface area (Å²) < 4.78 is 59.1. The van der Waals surface area contributed by atoms with Crippen LogP contribution in [0, 0.1) is 5.82 Å². The summed E-state index contributed by atoms with van der Waals surface area (Å²) in [6.07, 6.45) is -8.12. The molecule has 9 heteroatoms. The Morgan fingerprint density at radius 3 is 2.27 bits per heavy atom. The van der Waals surface area contributed by atoms with Gasteiger partial charge >= 0.3 is 18.1 Å². The van der Waals surface area contributed by atoms with Crippen molar-refractivity contribution in [1.82, 2.24) is 0 Å². The minimum absolute atomic E-state index is 0.325. The first kappa shape index (κ1) is 18.4. The van der Waals surface area contributed by atoms with Crippen molar-refractivity contribution in [3.63, 3.8) is 0 Å². The van der Waals surface area contributed by atoms with Gasteiger partial charge in [0.2, 0.25) is 6.10 Å². The Morgan fingerprint density at radius 2 is 1.73 bits per heavy atom. The van der Waals surface area contributed by atoms with E-state index in [4.69, 9.17) is 0 Å². The minimum atomic E-state index is -4.70. The maximum atomic E-state index is 13.2. The van der Waals surface area contributed by atoms with Crippen molar-refractivity contribution in [2.24, 2.45) is 0 Å². The zero-order chi connectivity index (χ0) is 16.8. The van der Waals surface area contributed by atoms with E-state index in [2.05, 4.69) is 25.4 Å². The number of alkyl halides is 4. The Labute approximate surface area is 131 Å². The highest BCUT2D eigenvalue weighted by atomic mass is 79.9. The summed E-state index contributed by atoms with van der Waals surface area (Å²) in [5.74, 6) is -3.25. The lowest BCUT2D eigenvalue weighted by Gasteiger charge is -2.18. The number of hydrogen-bond donors (Lipinski definition) is 0. The molecule has 0 saturated heterocycles. The number of halogens is 5. The first-order valence-electron chi connectivity index (χ1n) is 6.01. The van der Waals surface area contributed by atoms with Gasteiger partial charge in [-0.3, -0.25) is 9.59 Å². The molecule has 1 aromatic carbocycles. The minimum Gasteiger partial charge on any atom is -0.452 e. The molecular formula is C13H11BrF4O4. The normalized spacial score (nSPS) is 12.6. The van der Waals surface area contributed by atoms with Crippen LogP contribution in [-0.4, -0.2) is 29.5 Å². The Hall–Kier alpha value is -1.64. The highest BCUT2D eigenvalue weighted by molar-refractivity contribution is 9.09. The molecule has 0 aromatic heterocycles. The van der Waals surface area contributed by atoms with Crippen molar-refractivity contribution in [3.8, 4) is 5.75 Å². The monoisotopic (exact) mass is 386 g/mol. The summed E-state index contributed by atoms with van der Waals surface area (Å²) in [7, 11) is 0. The van der Waals surface area contributed by atoms with Crippen LogP contribution in [0.25, 0.3) is 0 Å². The first-order valence-corrected chi connectivity index (χ1v) is 7.13. The van der Waals surface area contributed by atoms with Crippen molar-refractivity contribution in [2.45, 2.75) is 25.1 Å². The van der Waals surface area contributed by atoms with Crippen molar-refractivity contribution < 1.29 is 36.6 Å². The van der Waals surface area contributed by atoms with E-state index in [1.165, 1.54) is 18.2 Å². The molecule has 122 valence electrons. The van der Waals surface area contributed by atoms with E-state index in [9.17, 15) is 27.2 Å². The summed E-state index contributed by atoms with van der Waals surface area (Å²) in [4.78, 5) is 22.7. The van der Waals surface area contributed by atoms with Crippen LogP contribution in [0.1, 0.15) is 12.8 Å². The quantitative estimate of drug-likeness (QED) is 0.325. The lowest BCUT2D eigenvalue weighted by atomic mass is 10.3. The molecule has 0 heterocycles. The van der Waals surface area contributed by atoms with Crippen LogP contribution in [0.5, 0.6) is 5.75 Å². The van der Waals surface area contributed by atoms with Crippen LogP contribution in [-0.2, 0) is 14.3 Å². The van der Waals surface area contributed by atoms with E-state index in [1.807, 2.05) is 0 Å². The third kappa shape index (κ3) is 6.00. The van der Waals surface area contributed by atoms with Crippen molar-refractivity contribution in [3.05, 3.63) is 30.1 Å². The number of carbonyl (C=O) groups is 2. The Balaban J connectivity index is 2.44. The lowest BCUT2D eigenvalue weighted by molar-refractivity contribution is -0.214. The van der Waals surface area contributed by atoms with Gasteiger partial charge < -0.3 is 9.47 Å². The number of hydrogen-bond acceptors (Lipinski definition) is 4. The van der Waals surface area contributed by atoms with E-state index >= 15 is 0 Å². The van der Waals surface area contributed by atoms with Crippen LogP contribution >= 0.6 is 15.9 Å². The van der Waals surface area contributed by atoms with Gasteiger partial charge in [-0.05, 0) is 12.1 Å². The zero-order valence-corrected chi connectivity index (χ0v) is 12.6. The molecule has 0 fully saturated rings. The highest BCUT2D eigenvalue weighted by Crippen LogP contribution is 2.25. The van der Waals surface area contributed by atoms with Gasteiger partial charge in [0, 0.05) is 5.33 Å². The molecule has 0 aliphatic rings. The maximum Gasteiger partial charge on any atom is 0.426 e. The lowest BCUT2D eigenvalue weighted by Crippen LogP contribution is -2.35. The molecule has 22 heavy (non-hydrogen) atoms. The van der Waals surface area contributed by atoms with Crippen molar-refractivity contribution in [2.75, 3.05) is 5.33 Å². The SMILES string of the molecule is O=C(CCC(=O)OC(CBr)C(F)(F)F)Oc1ccccc1F. The first-order chi connectivity index (χ1) is 10.2. The Morgan fingerprint density at radius 1 is 1.14 bits per heavy atom. The fraction of sp³-hybridized carbons (Fsp3) is 0.385. The van der Waals surface area contributed by atoms with Gasteiger partial charge in [-0.1, -0.05) is 28.1 Å². The molecule has 0 radical (unpaired) electrons. The molecule has 0 amide bonds. The molecule has 1 rings (SSSR count). The van der Waals surface area contributed by atoms with E-state index in [1.54, 1.807) is 0 Å². The molecule has 4 nitrogen and oxygen atoms in total. The van der Waals surface area contributed by atoms with Gasteiger partial charge in [-0.2, -0.15) is 13.2 Å². The van der Waals surface area contributed by atoms with Gasteiger partial charge in [0.05, 0.1) is 12.8 Å². The zero-order valence-electron chi connectivity index (χ0n) is 11.0. The molecule has 1 aromatic rings. The van der Waals surface area contributed by atoms with Crippen LogP contribution in [0.3, 0.4) is 0 Å². The number of benzene rings is 1. The third-order valence-corrected chi connectivity index (χ3v) is 2.96. The summed E-state index contributed by atoms with van der Waals surface area (Å²) in [6.45, 7) is 0. The van der Waals surface area contributed by atoms with E-state index < -0.39 is 48.2 Å². The number of esters is 2. The standard InChI is InChI=1S/C13H11BrF4O4/c14-7-10(13(16,17)18)22-12(20)6-5-11(19)21-9-4-2-1-3-8(9)15/h1-4,10H,5-7H2. The number of carbonyl (C=O) groups excluding carboxylic acids is 2. The molecule has 0 bridgehead atoms. The molecular weight excluding hydrogens is 376 g/mol. The highest BCUT2D eigenvalue weighted by Gasteiger charge is 2.42. The molecule has 0 saturated carbocycles. The average molecular weight is 387 g/mol. The van der Waals surface area contributed by atoms with Gasteiger partial charge in [0.25, 0.3) is 0 Å². The predicted octanol–water partition coefficient (Wildman–Crippen LogP) is 3.38. The second kappa shape index (κ2) is 8.11. The summed E-state index contributed by atoms with van der Waals surface area (Å²) in [6, 6.07) is 5.10. The van der Waals surface area contributed by atoms with E-state index in [0.717, 1.165) is 6.07 Å². The van der Waals surface area contributed by atoms with Gasteiger partial charge in [-0.25, -0.2) is 4.39 Å². The van der Waals surface area contributed by atoms with Crippen LogP contribution in [0.2, 0.25) is 0 Å². The summed E-state index contributed by atoms with van der Waals surface area (Å²) >= 11 is 2.58. The Kier molecular flexibility index (Phi) is 6.79. The summed E-state index contributed by atoms with van der Waals surface area (Å²) in [5.41, 5.74) is 0. The second-order valence-electron chi connectivity index (χ2n) is 4.08. The van der Waals surface area contributed by atoms with Gasteiger partial charge in [0.15, 0.2) is 11.6 Å². The molecule has 0 N–H and O–H groups in total. The van der Waals surface area contributed by atoms with E-state index in [-0.39, 0.29) is 5.75 Å². The topological polar surface area (TPSA) is 52.6 Å². The van der Waals surface area contributed by atoms with Crippen molar-refractivity contribution in [1.29, 1.82) is 0 Å². The average Bonchev–Trinajstić information content (AvgIpc) is 2.43. The maximum absolute atomic E-state index is 13.2. The molecule has 0 aliphatic carbocycles. The fourth-order valence-corrected chi connectivity index (χ4v) is 1.81. The number of rotatable bonds is 6. The van der Waals surface area contributed by atoms with Crippen LogP contribution in [0.4, 0.5) is 17.6 Å². The molecule has 0 spiro atoms. The molecule has 1 atom stereocenters. The smallest absolute Gasteiger partial charge is 0.426 e. The fourth-order valence-electron chi connectivity index (χ4n) is 1.31. The van der Waals surface area contributed by atoms with E-state index in [0.29, 0.717) is 0 Å². The number of ether oxygens (including phenoxy) is 2. The Bertz CT molecular complexity index is 533. The number of para-hydroxylation sites is 1. The van der Waals surface area contributed by atoms with Crippen molar-refractivity contribution >= 4 is 27.9 Å². The van der Waals surface area contributed by atoms with Gasteiger partial charge in [-0.15, -0.1) is 0 Å². The summed E-state index contributed by atoms with van der Waals surface area (Å²) in [5, 5.41) is -0.609. The van der Waals surface area contributed by atoms with Gasteiger partial charge in [0.1, 0.15) is 0 Å². The van der Waals surface area contributed by atoms with Crippen LogP contribution < -0.4 is 4.74 Å².